The van der Waals surface area contributed by atoms with Crippen molar-refractivity contribution in [3.63, 3.8) is 0 Å². The number of carbonyl (C=O) groups is 1. The van der Waals surface area contributed by atoms with Crippen molar-refractivity contribution >= 4 is 11.7 Å². The first-order valence-corrected chi connectivity index (χ1v) is 7.68. The molecule has 1 amide bonds. The zero-order valence-electron chi connectivity index (χ0n) is 13.2. The molecule has 0 saturated heterocycles. The van der Waals surface area contributed by atoms with E-state index in [4.69, 9.17) is 0 Å². The van der Waals surface area contributed by atoms with Crippen LogP contribution < -0.4 is 5.32 Å². The fourth-order valence-electron chi connectivity index (χ4n) is 2.64. The summed E-state index contributed by atoms with van der Waals surface area (Å²) in [4.78, 5) is 16.2. The number of nitrogens with one attached hydrogen (secondary N) is 1. The van der Waals surface area contributed by atoms with E-state index >= 15 is 0 Å². The summed E-state index contributed by atoms with van der Waals surface area (Å²) in [5.74, 6) is -5.23. The monoisotopic (exact) mass is 336 g/mol. The van der Waals surface area contributed by atoms with Gasteiger partial charge in [0.15, 0.2) is 0 Å². The molecule has 24 heavy (non-hydrogen) atoms. The lowest BCUT2D eigenvalue weighted by molar-refractivity contribution is -0.212. The summed E-state index contributed by atoms with van der Waals surface area (Å²) < 4.78 is 29.8. The second-order valence-corrected chi connectivity index (χ2v) is 6.06. The molecule has 0 bridgehead atoms. The molecule has 8 heteroatoms. The van der Waals surface area contributed by atoms with Gasteiger partial charge in [-0.3, -0.25) is 9.78 Å². The Morgan fingerprint density at radius 3 is 2.79 bits per heavy atom. The van der Waals surface area contributed by atoms with Gasteiger partial charge >= 0.3 is 5.92 Å². The molecule has 0 aliphatic heterocycles. The Bertz CT molecular complexity index is 742. The summed E-state index contributed by atoms with van der Waals surface area (Å²) >= 11 is 0. The van der Waals surface area contributed by atoms with Gasteiger partial charge in [0.2, 0.25) is 0 Å². The summed E-state index contributed by atoms with van der Waals surface area (Å²) in [5.41, 5.74) is -0.995. The molecule has 0 aromatic carbocycles. The summed E-state index contributed by atoms with van der Waals surface area (Å²) in [6, 6.07) is 6.84. The van der Waals surface area contributed by atoms with Crippen LogP contribution in [0.5, 0.6) is 0 Å². The van der Waals surface area contributed by atoms with Gasteiger partial charge in [0.05, 0.1) is 17.9 Å². The highest BCUT2D eigenvalue weighted by Crippen LogP contribution is 2.44. The predicted molar refractivity (Wildman–Crippen MR) is 82.7 cm³/mol. The number of amides is 1. The summed E-state index contributed by atoms with van der Waals surface area (Å²) in [6.07, 6.45) is 1.93. The second kappa shape index (κ2) is 5.94. The highest BCUT2D eigenvalue weighted by molar-refractivity contribution is 5.96. The van der Waals surface area contributed by atoms with E-state index in [1.807, 2.05) is 0 Å². The number of pyridine rings is 1. The number of nitrogens with zero attached hydrogens (tertiary/aromatic N) is 3. The van der Waals surface area contributed by atoms with Gasteiger partial charge in [-0.15, -0.1) is 0 Å². The van der Waals surface area contributed by atoms with E-state index in [1.165, 1.54) is 10.7 Å². The minimum absolute atomic E-state index is 0.0837. The van der Waals surface area contributed by atoms with Gasteiger partial charge in [-0.05, 0) is 38.3 Å². The number of aliphatic hydroxyl groups is 1. The minimum Gasteiger partial charge on any atom is -0.383 e. The number of alkyl halides is 2. The topological polar surface area (TPSA) is 80.0 Å². The fourth-order valence-corrected chi connectivity index (χ4v) is 2.64. The molecular formula is C16H18F2N4O2. The first-order chi connectivity index (χ1) is 11.3. The Hall–Kier alpha value is -2.35. The van der Waals surface area contributed by atoms with E-state index < -0.39 is 17.4 Å². The van der Waals surface area contributed by atoms with Crippen molar-refractivity contribution in [1.82, 2.24) is 14.8 Å². The zero-order chi connectivity index (χ0) is 17.4. The molecule has 3 rings (SSSR count). The molecule has 1 aliphatic carbocycles. The van der Waals surface area contributed by atoms with Gasteiger partial charge in [0.25, 0.3) is 5.91 Å². The molecular weight excluding hydrogens is 318 g/mol. The highest BCUT2D eigenvalue weighted by Gasteiger charge is 2.61. The predicted octanol–water partition coefficient (Wildman–Crippen LogP) is 2.12. The minimum atomic E-state index is -3.85. The van der Waals surface area contributed by atoms with E-state index in [0.717, 1.165) is 0 Å². The Morgan fingerprint density at radius 2 is 2.21 bits per heavy atom. The normalized spacial score (nSPS) is 16.5. The maximum Gasteiger partial charge on any atom is 0.352 e. The average molecular weight is 336 g/mol. The number of hydrogen-bond donors (Lipinski definition) is 2. The molecule has 6 nitrogen and oxygen atoms in total. The number of aryl methyl sites for hydroxylation is 1. The van der Waals surface area contributed by atoms with Gasteiger partial charge in [-0.2, -0.15) is 13.9 Å². The molecule has 2 aromatic heterocycles. The summed E-state index contributed by atoms with van der Waals surface area (Å²) in [6.45, 7) is 1.93. The van der Waals surface area contributed by atoms with Crippen LogP contribution in [0.1, 0.15) is 30.7 Å². The highest BCUT2D eigenvalue weighted by atomic mass is 19.3. The molecule has 1 fully saturated rings. The molecule has 2 N–H and O–H groups in total. The molecule has 1 saturated carbocycles. The third-order valence-electron chi connectivity index (χ3n) is 4.23. The summed E-state index contributed by atoms with van der Waals surface area (Å²) in [5, 5.41) is 16.2. The number of halogens is 2. The number of rotatable bonds is 5. The van der Waals surface area contributed by atoms with Crippen molar-refractivity contribution < 1.29 is 18.7 Å². The first kappa shape index (κ1) is 16.5. The van der Waals surface area contributed by atoms with Crippen LogP contribution in [0.15, 0.2) is 30.5 Å². The van der Waals surface area contributed by atoms with Crippen LogP contribution in [0.3, 0.4) is 0 Å². The average Bonchev–Trinajstić information content (AvgIpc) is 2.85. The van der Waals surface area contributed by atoms with Crippen molar-refractivity contribution in [2.24, 2.45) is 0 Å². The molecule has 0 radical (unpaired) electrons. The number of hydrogen-bond acceptors (Lipinski definition) is 4. The van der Waals surface area contributed by atoms with Crippen LogP contribution in [0.2, 0.25) is 0 Å². The molecule has 2 aromatic rings. The van der Waals surface area contributed by atoms with Gasteiger partial charge in [-0.1, -0.05) is 6.07 Å². The Balaban J connectivity index is 1.79. The van der Waals surface area contributed by atoms with Crippen molar-refractivity contribution in [1.29, 1.82) is 0 Å². The third kappa shape index (κ3) is 2.89. The number of aromatic nitrogens is 3. The number of carbonyl (C=O) groups excluding carboxylic acids is 1. The smallest absolute Gasteiger partial charge is 0.352 e. The van der Waals surface area contributed by atoms with E-state index in [-0.39, 0.29) is 25.2 Å². The lowest BCUT2D eigenvalue weighted by Gasteiger charge is -2.41. The van der Waals surface area contributed by atoms with Crippen molar-refractivity contribution in [3.8, 4) is 0 Å². The van der Waals surface area contributed by atoms with Crippen LogP contribution in [0.4, 0.5) is 14.6 Å². The van der Waals surface area contributed by atoms with Gasteiger partial charge in [0.1, 0.15) is 11.4 Å². The van der Waals surface area contributed by atoms with Crippen LogP contribution in [0, 0.1) is 6.92 Å². The maximum atomic E-state index is 14.2. The first-order valence-electron chi connectivity index (χ1n) is 7.68. The molecule has 2 heterocycles. The maximum absolute atomic E-state index is 14.2. The third-order valence-corrected chi connectivity index (χ3v) is 4.23. The van der Waals surface area contributed by atoms with Crippen LogP contribution in [-0.2, 0) is 11.3 Å². The van der Waals surface area contributed by atoms with E-state index in [2.05, 4.69) is 15.4 Å². The van der Waals surface area contributed by atoms with Crippen LogP contribution >= 0.6 is 0 Å². The largest absolute Gasteiger partial charge is 0.383 e. The van der Waals surface area contributed by atoms with E-state index in [1.54, 1.807) is 31.3 Å². The molecule has 0 spiro atoms. The van der Waals surface area contributed by atoms with Gasteiger partial charge in [-0.25, -0.2) is 4.68 Å². The fraction of sp³-hybridized carbons (Fsp3) is 0.438. The molecule has 128 valence electrons. The SMILES string of the molecule is Cc1cc(NC(=O)C(F)(F)C2(O)CCC2)n(Cc2ccccn2)n1. The summed E-state index contributed by atoms with van der Waals surface area (Å²) in [7, 11) is 0. The van der Waals surface area contributed by atoms with Crippen molar-refractivity contribution in [2.45, 2.75) is 44.3 Å². The standard InChI is InChI=1S/C16H18F2N4O2/c1-11-9-13(22(21-11)10-12-5-2-3-8-19-12)20-14(23)16(17,18)15(24)6-4-7-15/h2-3,5,8-9,24H,4,6-7,10H2,1H3,(H,20,23). The van der Waals surface area contributed by atoms with Gasteiger partial charge in [0, 0.05) is 12.3 Å². The molecule has 1 aliphatic rings. The Labute approximate surface area is 137 Å². The molecule has 0 atom stereocenters. The van der Waals surface area contributed by atoms with Crippen molar-refractivity contribution in [3.05, 3.63) is 41.9 Å². The van der Waals surface area contributed by atoms with E-state index in [9.17, 15) is 18.7 Å². The second-order valence-electron chi connectivity index (χ2n) is 6.06. The Kier molecular flexibility index (Phi) is 4.08. The molecule has 0 unspecified atom stereocenters. The van der Waals surface area contributed by atoms with E-state index in [0.29, 0.717) is 17.8 Å². The zero-order valence-corrected chi connectivity index (χ0v) is 13.2. The number of anilines is 1. The lowest BCUT2D eigenvalue weighted by Crippen LogP contribution is -2.59. The Morgan fingerprint density at radius 1 is 1.46 bits per heavy atom. The quantitative estimate of drug-likeness (QED) is 0.876. The van der Waals surface area contributed by atoms with Crippen molar-refractivity contribution in [2.75, 3.05) is 5.32 Å². The lowest BCUT2D eigenvalue weighted by atomic mass is 9.75. The van der Waals surface area contributed by atoms with Gasteiger partial charge < -0.3 is 10.4 Å². The van der Waals surface area contributed by atoms with Crippen LogP contribution in [0.25, 0.3) is 0 Å². The van der Waals surface area contributed by atoms with Crippen LogP contribution in [-0.4, -0.2) is 37.3 Å².